The second kappa shape index (κ2) is 6.78. The molecule has 0 unspecified atom stereocenters. The third-order valence-corrected chi connectivity index (χ3v) is 4.87. The van der Waals surface area contributed by atoms with Gasteiger partial charge in [-0.15, -0.1) is 0 Å². The molecule has 2 aromatic rings. The first-order valence-corrected chi connectivity index (χ1v) is 8.64. The number of hydrogen-bond acceptors (Lipinski definition) is 1. The maximum absolute atomic E-state index is 5.32. The molecule has 0 radical (unpaired) electrons. The Bertz CT molecular complexity index is 824. The van der Waals surface area contributed by atoms with Crippen LogP contribution >= 0.6 is 0 Å². The molecule has 0 spiro atoms. The molecule has 0 bridgehead atoms. The van der Waals surface area contributed by atoms with Crippen molar-refractivity contribution in [1.82, 2.24) is 0 Å². The molecule has 0 atom stereocenters. The summed E-state index contributed by atoms with van der Waals surface area (Å²) in [5.74, 6) is 0. The van der Waals surface area contributed by atoms with Crippen LogP contribution in [0.4, 0.5) is 0 Å². The minimum Gasteiger partial charge on any atom is -0.380 e. The third-order valence-electron chi connectivity index (χ3n) is 4.87. The van der Waals surface area contributed by atoms with Gasteiger partial charge in [-0.3, -0.25) is 0 Å². The maximum Gasteiger partial charge on any atom is 0.0715 e. The molecule has 1 heteroatoms. The predicted molar refractivity (Wildman–Crippen MR) is 103 cm³/mol. The standard InChI is InChI=1S/C23H26O/c1-6-18-12-19(7-8-20(18)14-24-5)21-11-17(4)23-16(3)9-15(2)10-22(23)13-21/h7-12H,4,6,13-14H2,1-3,5H3. The molecule has 1 aliphatic rings. The van der Waals surface area contributed by atoms with Crippen molar-refractivity contribution < 1.29 is 4.74 Å². The van der Waals surface area contributed by atoms with Crippen LogP contribution in [0.5, 0.6) is 0 Å². The summed E-state index contributed by atoms with van der Waals surface area (Å²) < 4.78 is 5.32. The summed E-state index contributed by atoms with van der Waals surface area (Å²) in [5, 5.41) is 0. The minimum atomic E-state index is 0.677. The Morgan fingerprint density at radius 3 is 2.58 bits per heavy atom. The number of aryl methyl sites for hydroxylation is 3. The number of methoxy groups -OCH3 is 1. The molecule has 0 amide bonds. The van der Waals surface area contributed by atoms with Gasteiger partial charge in [-0.1, -0.05) is 55.5 Å². The monoisotopic (exact) mass is 318 g/mol. The number of rotatable bonds is 4. The zero-order valence-corrected chi connectivity index (χ0v) is 15.2. The summed E-state index contributed by atoms with van der Waals surface area (Å²) in [6.45, 7) is 11.5. The van der Waals surface area contributed by atoms with Gasteiger partial charge in [0.15, 0.2) is 0 Å². The van der Waals surface area contributed by atoms with Crippen LogP contribution in [0.3, 0.4) is 0 Å². The fourth-order valence-electron chi connectivity index (χ4n) is 3.83. The van der Waals surface area contributed by atoms with E-state index in [0.717, 1.165) is 18.4 Å². The van der Waals surface area contributed by atoms with E-state index in [4.69, 9.17) is 4.74 Å². The van der Waals surface area contributed by atoms with Gasteiger partial charge in [-0.25, -0.2) is 0 Å². The Morgan fingerprint density at radius 1 is 1.08 bits per heavy atom. The van der Waals surface area contributed by atoms with E-state index in [1.54, 1.807) is 7.11 Å². The number of hydrogen-bond donors (Lipinski definition) is 0. The second-order valence-electron chi connectivity index (χ2n) is 6.76. The van der Waals surface area contributed by atoms with Crippen molar-refractivity contribution in [3.63, 3.8) is 0 Å². The van der Waals surface area contributed by atoms with Gasteiger partial charge in [0.1, 0.15) is 0 Å². The Kier molecular flexibility index (Phi) is 4.73. The van der Waals surface area contributed by atoms with Gasteiger partial charge in [0.2, 0.25) is 0 Å². The highest BCUT2D eigenvalue weighted by Gasteiger charge is 2.18. The molecule has 0 aliphatic heterocycles. The Morgan fingerprint density at radius 2 is 1.88 bits per heavy atom. The van der Waals surface area contributed by atoms with Crippen LogP contribution in [-0.4, -0.2) is 7.11 Å². The largest absolute Gasteiger partial charge is 0.380 e. The molecular formula is C23H26O. The van der Waals surface area contributed by atoms with E-state index in [9.17, 15) is 0 Å². The van der Waals surface area contributed by atoms with Crippen molar-refractivity contribution in [2.75, 3.05) is 7.11 Å². The van der Waals surface area contributed by atoms with E-state index < -0.39 is 0 Å². The molecule has 1 nitrogen and oxygen atoms in total. The normalized spacial score (nSPS) is 13.7. The molecule has 1 aliphatic carbocycles. The molecule has 2 aromatic carbocycles. The zero-order valence-electron chi connectivity index (χ0n) is 15.2. The molecule has 0 heterocycles. The molecule has 0 saturated heterocycles. The van der Waals surface area contributed by atoms with Gasteiger partial charge in [0.05, 0.1) is 6.61 Å². The lowest BCUT2D eigenvalue weighted by Gasteiger charge is -2.22. The molecule has 0 fully saturated rings. The van der Waals surface area contributed by atoms with Gasteiger partial charge in [-0.2, -0.15) is 0 Å². The third kappa shape index (κ3) is 3.09. The Labute approximate surface area is 145 Å². The molecule has 24 heavy (non-hydrogen) atoms. The van der Waals surface area contributed by atoms with Gasteiger partial charge >= 0.3 is 0 Å². The topological polar surface area (TPSA) is 9.23 Å². The summed E-state index contributed by atoms with van der Waals surface area (Å²) in [5.41, 5.74) is 11.8. The number of fused-ring (bicyclic) bond motifs is 1. The van der Waals surface area contributed by atoms with Crippen LogP contribution in [0.25, 0.3) is 11.1 Å². The first-order chi connectivity index (χ1) is 11.5. The van der Waals surface area contributed by atoms with Gasteiger partial charge in [-0.05, 0) is 71.2 Å². The van der Waals surface area contributed by atoms with E-state index in [0.29, 0.717) is 6.61 Å². The maximum atomic E-state index is 5.32. The van der Waals surface area contributed by atoms with Crippen molar-refractivity contribution in [3.8, 4) is 0 Å². The molecule has 0 N–H and O–H groups in total. The number of benzene rings is 2. The van der Waals surface area contributed by atoms with Crippen LogP contribution in [0.2, 0.25) is 0 Å². The molecule has 0 aromatic heterocycles. The van der Waals surface area contributed by atoms with Crippen LogP contribution in [-0.2, 0) is 24.2 Å². The van der Waals surface area contributed by atoms with E-state index >= 15 is 0 Å². The van der Waals surface area contributed by atoms with Gasteiger partial charge in [0.25, 0.3) is 0 Å². The van der Waals surface area contributed by atoms with Crippen molar-refractivity contribution in [1.29, 1.82) is 0 Å². The predicted octanol–water partition coefficient (Wildman–Crippen LogP) is 5.67. The van der Waals surface area contributed by atoms with E-state index in [1.165, 1.54) is 44.5 Å². The van der Waals surface area contributed by atoms with Crippen molar-refractivity contribution in [2.45, 2.75) is 40.2 Å². The lowest BCUT2D eigenvalue weighted by atomic mass is 9.82. The fourth-order valence-corrected chi connectivity index (χ4v) is 3.83. The van der Waals surface area contributed by atoms with Crippen molar-refractivity contribution in [3.05, 3.63) is 81.9 Å². The molecule has 124 valence electrons. The first kappa shape index (κ1) is 16.7. The zero-order chi connectivity index (χ0) is 17.3. The van der Waals surface area contributed by atoms with Crippen molar-refractivity contribution in [2.24, 2.45) is 0 Å². The average molecular weight is 318 g/mol. The quantitative estimate of drug-likeness (QED) is 0.706. The van der Waals surface area contributed by atoms with Crippen LogP contribution in [0, 0.1) is 13.8 Å². The van der Waals surface area contributed by atoms with E-state index in [-0.39, 0.29) is 0 Å². The summed E-state index contributed by atoms with van der Waals surface area (Å²) in [6.07, 6.45) is 4.26. The Balaban J connectivity index is 2.01. The second-order valence-corrected chi connectivity index (χ2v) is 6.76. The lowest BCUT2D eigenvalue weighted by Crippen LogP contribution is -2.05. The number of allylic oxidation sites excluding steroid dienone is 3. The Hall–Kier alpha value is -2.12. The number of ether oxygens (including phenoxy) is 1. The van der Waals surface area contributed by atoms with Crippen LogP contribution < -0.4 is 0 Å². The van der Waals surface area contributed by atoms with E-state index in [1.807, 2.05) is 0 Å². The minimum absolute atomic E-state index is 0.677. The highest BCUT2D eigenvalue weighted by Crippen LogP contribution is 2.36. The highest BCUT2D eigenvalue weighted by molar-refractivity contribution is 5.90. The summed E-state index contributed by atoms with van der Waals surface area (Å²) in [6, 6.07) is 11.3. The van der Waals surface area contributed by atoms with Crippen molar-refractivity contribution >= 4 is 11.1 Å². The van der Waals surface area contributed by atoms with Crippen LogP contribution in [0.15, 0.2) is 43.0 Å². The lowest BCUT2D eigenvalue weighted by molar-refractivity contribution is 0.184. The summed E-state index contributed by atoms with van der Waals surface area (Å²) in [4.78, 5) is 0. The molecule has 3 rings (SSSR count). The van der Waals surface area contributed by atoms with Gasteiger partial charge < -0.3 is 4.74 Å². The van der Waals surface area contributed by atoms with Gasteiger partial charge in [0, 0.05) is 7.11 Å². The van der Waals surface area contributed by atoms with Crippen LogP contribution in [0.1, 0.15) is 45.9 Å². The first-order valence-electron chi connectivity index (χ1n) is 8.64. The summed E-state index contributed by atoms with van der Waals surface area (Å²) in [7, 11) is 1.75. The SMILES string of the molecule is C=C1C=C(c2ccc(COC)c(CC)c2)Cc2cc(C)cc(C)c21. The summed E-state index contributed by atoms with van der Waals surface area (Å²) >= 11 is 0. The average Bonchev–Trinajstić information content (AvgIpc) is 2.54. The van der Waals surface area contributed by atoms with E-state index in [2.05, 4.69) is 63.8 Å². The fraction of sp³-hybridized carbons (Fsp3) is 0.304. The molecule has 0 saturated carbocycles. The highest BCUT2D eigenvalue weighted by atomic mass is 16.5. The molecular weight excluding hydrogens is 292 g/mol. The smallest absolute Gasteiger partial charge is 0.0715 e.